The first-order valence-corrected chi connectivity index (χ1v) is 12.3. The molecule has 0 atom stereocenters. The van der Waals surface area contributed by atoms with E-state index in [-0.39, 0.29) is 11.5 Å². The molecule has 0 unspecified atom stereocenters. The highest BCUT2D eigenvalue weighted by molar-refractivity contribution is 7.99. The first kappa shape index (κ1) is 22.4. The molecule has 168 valence electrons. The zero-order chi connectivity index (χ0) is 22.5. The lowest BCUT2D eigenvalue weighted by atomic mass is 10.2. The molecule has 0 saturated carbocycles. The largest absolute Gasteiger partial charge is 0.368 e. The lowest BCUT2D eigenvalue weighted by Crippen LogP contribution is -2.49. The Morgan fingerprint density at radius 3 is 2.59 bits per heavy atom. The molecule has 3 aromatic rings. The molecule has 0 spiro atoms. The van der Waals surface area contributed by atoms with Gasteiger partial charge < -0.3 is 9.80 Å². The van der Waals surface area contributed by atoms with Gasteiger partial charge in [0.1, 0.15) is 0 Å². The maximum Gasteiger partial charge on any atom is 0.262 e. The van der Waals surface area contributed by atoms with Crippen LogP contribution in [-0.2, 0) is 11.3 Å². The maximum absolute atomic E-state index is 13.0. The molecule has 1 saturated heterocycles. The highest BCUT2D eigenvalue weighted by Crippen LogP contribution is 2.21. The number of para-hydroxylation sites is 1. The van der Waals surface area contributed by atoms with E-state index in [2.05, 4.69) is 43.0 Å². The van der Waals surface area contributed by atoms with Crippen LogP contribution in [0.2, 0.25) is 0 Å². The van der Waals surface area contributed by atoms with Gasteiger partial charge in [0.05, 0.1) is 16.7 Å². The van der Waals surface area contributed by atoms with E-state index >= 15 is 0 Å². The molecule has 0 radical (unpaired) electrons. The van der Waals surface area contributed by atoms with Crippen molar-refractivity contribution < 1.29 is 4.79 Å². The number of unbranched alkanes of at least 4 members (excludes halogenated alkanes) is 1. The molecule has 1 aliphatic heterocycles. The number of hydrogen-bond donors (Lipinski definition) is 0. The number of hydrogen-bond acceptors (Lipinski definition) is 5. The summed E-state index contributed by atoms with van der Waals surface area (Å²) in [6, 6.07) is 15.9. The molecule has 2 aromatic carbocycles. The number of aryl methyl sites for hydroxylation is 1. The van der Waals surface area contributed by atoms with E-state index in [0.29, 0.717) is 41.4 Å². The zero-order valence-corrected chi connectivity index (χ0v) is 19.6. The van der Waals surface area contributed by atoms with Crippen molar-refractivity contribution in [2.45, 2.75) is 38.4 Å². The number of benzene rings is 2. The summed E-state index contributed by atoms with van der Waals surface area (Å²) < 4.78 is 1.74. The normalized spacial score (nSPS) is 14.2. The van der Waals surface area contributed by atoms with Crippen LogP contribution >= 0.6 is 11.8 Å². The Morgan fingerprint density at radius 1 is 1.06 bits per heavy atom. The number of thioether (sulfide) groups is 1. The highest BCUT2D eigenvalue weighted by Gasteiger charge is 2.22. The molecule has 1 fully saturated rings. The van der Waals surface area contributed by atoms with Crippen LogP contribution in [0.25, 0.3) is 10.9 Å². The lowest BCUT2D eigenvalue weighted by molar-refractivity contribution is -0.128. The quantitative estimate of drug-likeness (QED) is 0.403. The predicted octanol–water partition coefficient (Wildman–Crippen LogP) is 3.95. The van der Waals surface area contributed by atoms with Crippen molar-refractivity contribution in [1.29, 1.82) is 0 Å². The SMILES string of the molecule is CCCCn1c(SCC(=O)N2CCN(c3cccc(C)c3)CC2)nc2ccccc2c1=O. The summed E-state index contributed by atoms with van der Waals surface area (Å²) in [4.78, 5) is 34.9. The molecule has 6 nitrogen and oxygen atoms in total. The van der Waals surface area contributed by atoms with Crippen LogP contribution in [-0.4, -0.2) is 52.3 Å². The Hall–Kier alpha value is -2.80. The van der Waals surface area contributed by atoms with Crippen LogP contribution in [0.1, 0.15) is 25.3 Å². The number of rotatable bonds is 7. The van der Waals surface area contributed by atoms with Crippen LogP contribution in [0.15, 0.2) is 58.5 Å². The van der Waals surface area contributed by atoms with Gasteiger partial charge >= 0.3 is 0 Å². The van der Waals surface area contributed by atoms with Gasteiger partial charge in [0.25, 0.3) is 5.56 Å². The summed E-state index contributed by atoms with van der Waals surface area (Å²) >= 11 is 1.37. The second-order valence-electron chi connectivity index (χ2n) is 8.22. The minimum atomic E-state index is -0.0224. The fourth-order valence-electron chi connectivity index (χ4n) is 4.03. The van der Waals surface area contributed by atoms with Crippen molar-refractivity contribution in [1.82, 2.24) is 14.5 Å². The summed E-state index contributed by atoms with van der Waals surface area (Å²) in [6.45, 7) is 7.90. The molecular formula is C25H30N4O2S. The zero-order valence-electron chi connectivity index (χ0n) is 18.8. The van der Waals surface area contributed by atoms with Gasteiger partial charge in [0, 0.05) is 38.4 Å². The third kappa shape index (κ3) is 4.99. The van der Waals surface area contributed by atoms with Gasteiger partial charge in [0.2, 0.25) is 5.91 Å². The molecule has 0 N–H and O–H groups in total. The third-order valence-corrected chi connectivity index (χ3v) is 6.85. The van der Waals surface area contributed by atoms with E-state index in [1.54, 1.807) is 4.57 Å². The van der Waals surface area contributed by atoms with E-state index in [4.69, 9.17) is 4.98 Å². The van der Waals surface area contributed by atoms with Crippen LogP contribution < -0.4 is 10.5 Å². The number of fused-ring (bicyclic) bond motifs is 1. The Bertz CT molecular complexity index is 1150. The standard InChI is InChI=1S/C25H30N4O2S/c1-3-4-12-29-24(31)21-10-5-6-11-22(21)26-25(29)32-18-23(30)28-15-13-27(14-16-28)20-9-7-8-19(2)17-20/h5-11,17H,3-4,12-16,18H2,1-2H3. The van der Waals surface area contributed by atoms with Crippen LogP contribution in [0.5, 0.6) is 0 Å². The van der Waals surface area contributed by atoms with Crippen LogP contribution in [0.4, 0.5) is 5.69 Å². The van der Waals surface area contributed by atoms with Crippen molar-refractivity contribution >= 4 is 34.3 Å². The highest BCUT2D eigenvalue weighted by atomic mass is 32.2. The number of piperazine rings is 1. The summed E-state index contributed by atoms with van der Waals surface area (Å²) in [7, 11) is 0. The number of nitrogens with zero attached hydrogens (tertiary/aromatic N) is 4. The van der Waals surface area contributed by atoms with E-state index in [9.17, 15) is 9.59 Å². The van der Waals surface area contributed by atoms with Gasteiger partial charge in [-0.2, -0.15) is 0 Å². The summed E-state index contributed by atoms with van der Waals surface area (Å²) in [6.07, 6.45) is 1.90. The summed E-state index contributed by atoms with van der Waals surface area (Å²) in [5, 5.41) is 1.26. The number of aromatic nitrogens is 2. The minimum Gasteiger partial charge on any atom is -0.368 e. The minimum absolute atomic E-state index is 0.0224. The third-order valence-electron chi connectivity index (χ3n) is 5.89. The number of carbonyl (C=O) groups is 1. The number of amides is 1. The van der Waals surface area contributed by atoms with Gasteiger partial charge in [-0.1, -0.05) is 49.4 Å². The Morgan fingerprint density at radius 2 is 1.84 bits per heavy atom. The van der Waals surface area contributed by atoms with E-state index in [0.717, 1.165) is 25.9 Å². The molecule has 1 aliphatic rings. The lowest BCUT2D eigenvalue weighted by Gasteiger charge is -2.36. The Kier molecular flexibility index (Phi) is 7.15. The van der Waals surface area contributed by atoms with Crippen LogP contribution in [0.3, 0.4) is 0 Å². The Balaban J connectivity index is 1.42. The smallest absolute Gasteiger partial charge is 0.262 e. The molecule has 32 heavy (non-hydrogen) atoms. The number of carbonyl (C=O) groups excluding carboxylic acids is 1. The molecule has 1 aromatic heterocycles. The van der Waals surface area contributed by atoms with Crippen molar-refractivity contribution in [3.8, 4) is 0 Å². The van der Waals surface area contributed by atoms with Crippen molar-refractivity contribution in [2.75, 3.05) is 36.8 Å². The molecule has 0 bridgehead atoms. The molecule has 4 rings (SSSR count). The van der Waals surface area contributed by atoms with E-state index in [1.807, 2.05) is 29.2 Å². The van der Waals surface area contributed by atoms with Gasteiger partial charge in [0.15, 0.2) is 5.16 Å². The first-order chi connectivity index (χ1) is 15.6. The van der Waals surface area contributed by atoms with Gasteiger partial charge in [-0.3, -0.25) is 14.2 Å². The predicted molar refractivity (Wildman–Crippen MR) is 132 cm³/mol. The molecular weight excluding hydrogens is 420 g/mol. The van der Waals surface area contributed by atoms with Gasteiger partial charge in [-0.25, -0.2) is 4.98 Å². The monoisotopic (exact) mass is 450 g/mol. The fraction of sp³-hybridized carbons (Fsp3) is 0.400. The average molecular weight is 451 g/mol. The molecule has 0 aliphatic carbocycles. The Labute approximate surface area is 193 Å². The average Bonchev–Trinajstić information content (AvgIpc) is 2.82. The number of anilines is 1. The second kappa shape index (κ2) is 10.2. The molecule has 1 amide bonds. The topological polar surface area (TPSA) is 58.4 Å². The molecule has 7 heteroatoms. The van der Waals surface area contributed by atoms with Crippen LogP contribution in [0, 0.1) is 6.92 Å². The van der Waals surface area contributed by atoms with E-state index in [1.165, 1.54) is 23.0 Å². The first-order valence-electron chi connectivity index (χ1n) is 11.3. The molecule has 2 heterocycles. The van der Waals surface area contributed by atoms with Gasteiger partial charge in [-0.05, 0) is 43.2 Å². The summed E-state index contributed by atoms with van der Waals surface area (Å²) in [5.41, 5.74) is 3.12. The fourth-order valence-corrected chi connectivity index (χ4v) is 4.96. The van der Waals surface area contributed by atoms with Crippen molar-refractivity contribution in [2.24, 2.45) is 0 Å². The van der Waals surface area contributed by atoms with E-state index < -0.39 is 0 Å². The summed E-state index contributed by atoms with van der Waals surface area (Å²) in [5.74, 6) is 0.393. The van der Waals surface area contributed by atoms with Gasteiger partial charge in [-0.15, -0.1) is 0 Å². The second-order valence-corrected chi connectivity index (χ2v) is 9.16. The van der Waals surface area contributed by atoms with Crippen molar-refractivity contribution in [3.05, 3.63) is 64.4 Å². The maximum atomic E-state index is 13.0. The van der Waals surface area contributed by atoms with Crippen molar-refractivity contribution in [3.63, 3.8) is 0 Å².